The van der Waals surface area contributed by atoms with Crippen LogP contribution in [-0.4, -0.2) is 40.6 Å². The molecule has 0 unspecified atom stereocenters. The number of anilines is 2. The van der Waals surface area contributed by atoms with Crippen molar-refractivity contribution >= 4 is 28.6 Å². The normalized spacial score (nSPS) is 14.7. The SMILES string of the molecule is CCOC(=O)C1CCN(c2nccc3nc(NCc4ccc(C)cc4)ncc23)CC1. The minimum atomic E-state index is -0.0874. The summed E-state index contributed by atoms with van der Waals surface area (Å²) in [6.07, 6.45) is 5.16. The number of fused-ring (bicyclic) bond motifs is 1. The Balaban J connectivity index is 1.45. The molecule has 3 heterocycles. The first-order valence-corrected chi connectivity index (χ1v) is 10.5. The van der Waals surface area contributed by atoms with Gasteiger partial charge in [0.05, 0.1) is 23.4 Å². The highest BCUT2D eigenvalue weighted by Crippen LogP contribution is 2.28. The van der Waals surface area contributed by atoms with Gasteiger partial charge in [0.25, 0.3) is 0 Å². The van der Waals surface area contributed by atoms with Gasteiger partial charge in [-0.1, -0.05) is 29.8 Å². The molecule has 30 heavy (non-hydrogen) atoms. The molecular formula is C23H27N5O2. The third-order valence-electron chi connectivity index (χ3n) is 5.47. The van der Waals surface area contributed by atoms with E-state index in [1.54, 1.807) is 6.20 Å². The van der Waals surface area contributed by atoms with Crippen molar-refractivity contribution in [3.63, 3.8) is 0 Å². The number of benzene rings is 1. The molecule has 1 aliphatic rings. The smallest absolute Gasteiger partial charge is 0.309 e. The summed E-state index contributed by atoms with van der Waals surface area (Å²) in [5.41, 5.74) is 3.28. The van der Waals surface area contributed by atoms with Gasteiger partial charge in [0.1, 0.15) is 5.82 Å². The number of carbonyl (C=O) groups is 1. The van der Waals surface area contributed by atoms with E-state index in [1.165, 1.54) is 11.1 Å². The summed E-state index contributed by atoms with van der Waals surface area (Å²) < 4.78 is 5.17. The van der Waals surface area contributed by atoms with Crippen LogP contribution in [-0.2, 0) is 16.1 Å². The minimum absolute atomic E-state index is 0.0231. The molecule has 4 rings (SSSR count). The Morgan fingerprint density at radius 3 is 2.67 bits per heavy atom. The summed E-state index contributed by atoms with van der Waals surface area (Å²) >= 11 is 0. The van der Waals surface area contributed by atoms with Gasteiger partial charge < -0.3 is 15.0 Å². The number of ether oxygens (including phenoxy) is 1. The molecule has 1 saturated heterocycles. The summed E-state index contributed by atoms with van der Waals surface area (Å²) in [5.74, 6) is 1.36. The van der Waals surface area contributed by atoms with Gasteiger partial charge >= 0.3 is 5.97 Å². The average molecular weight is 406 g/mol. The highest BCUT2D eigenvalue weighted by molar-refractivity contribution is 5.89. The van der Waals surface area contributed by atoms with Crippen LogP contribution in [0.4, 0.5) is 11.8 Å². The van der Waals surface area contributed by atoms with Crippen LogP contribution in [0, 0.1) is 12.8 Å². The molecule has 7 heteroatoms. The summed E-state index contributed by atoms with van der Waals surface area (Å²) in [7, 11) is 0. The van der Waals surface area contributed by atoms with E-state index in [0.29, 0.717) is 19.1 Å². The Bertz CT molecular complexity index is 1010. The van der Waals surface area contributed by atoms with Crippen molar-refractivity contribution in [2.75, 3.05) is 29.9 Å². The lowest BCUT2D eigenvalue weighted by molar-refractivity contribution is -0.148. The van der Waals surface area contributed by atoms with Gasteiger partial charge in [-0.2, -0.15) is 0 Å². The molecule has 156 valence electrons. The second-order valence-corrected chi connectivity index (χ2v) is 7.61. The number of hydrogen-bond acceptors (Lipinski definition) is 7. The zero-order valence-electron chi connectivity index (χ0n) is 17.5. The molecule has 7 nitrogen and oxygen atoms in total. The van der Waals surface area contributed by atoms with E-state index in [0.717, 1.165) is 42.7 Å². The lowest BCUT2D eigenvalue weighted by Gasteiger charge is -2.32. The topological polar surface area (TPSA) is 80.2 Å². The van der Waals surface area contributed by atoms with Gasteiger partial charge in [0, 0.05) is 32.0 Å². The molecule has 1 aromatic carbocycles. The summed E-state index contributed by atoms with van der Waals surface area (Å²) in [5, 5.41) is 4.22. The molecule has 0 amide bonds. The quantitative estimate of drug-likeness (QED) is 0.626. The fraction of sp³-hybridized carbons (Fsp3) is 0.391. The molecule has 0 aliphatic carbocycles. The Hall–Kier alpha value is -3.22. The van der Waals surface area contributed by atoms with Gasteiger partial charge in [-0.25, -0.2) is 15.0 Å². The first-order valence-electron chi connectivity index (χ1n) is 10.5. The number of hydrogen-bond donors (Lipinski definition) is 1. The molecule has 0 radical (unpaired) electrons. The minimum Gasteiger partial charge on any atom is -0.466 e. The van der Waals surface area contributed by atoms with Crippen molar-refractivity contribution in [3.8, 4) is 0 Å². The maximum absolute atomic E-state index is 12.0. The van der Waals surface area contributed by atoms with Crippen molar-refractivity contribution in [1.82, 2.24) is 15.0 Å². The largest absolute Gasteiger partial charge is 0.466 e. The predicted molar refractivity (Wildman–Crippen MR) is 117 cm³/mol. The van der Waals surface area contributed by atoms with Crippen LogP contribution in [0.15, 0.2) is 42.7 Å². The van der Waals surface area contributed by atoms with Gasteiger partial charge in [0.2, 0.25) is 5.95 Å². The van der Waals surface area contributed by atoms with Gasteiger partial charge in [-0.3, -0.25) is 4.79 Å². The number of carbonyl (C=O) groups excluding carboxylic acids is 1. The monoisotopic (exact) mass is 405 g/mol. The summed E-state index contributed by atoms with van der Waals surface area (Å²) in [4.78, 5) is 27.9. The number of aryl methyl sites for hydroxylation is 1. The maximum atomic E-state index is 12.0. The number of nitrogens with zero attached hydrogens (tertiary/aromatic N) is 4. The summed E-state index contributed by atoms with van der Waals surface area (Å²) in [6.45, 7) is 6.56. The Kier molecular flexibility index (Phi) is 6.07. The zero-order chi connectivity index (χ0) is 20.9. The Morgan fingerprint density at radius 2 is 1.93 bits per heavy atom. The first kappa shape index (κ1) is 20.1. The van der Waals surface area contributed by atoms with E-state index in [2.05, 4.69) is 56.4 Å². The van der Waals surface area contributed by atoms with E-state index in [9.17, 15) is 4.79 Å². The van der Waals surface area contributed by atoms with Crippen molar-refractivity contribution in [3.05, 3.63) is 53.9 Å². The van der Waals surface area contributed by atoms with Crippen LogP contribution in [0.2, 0.25) is 0 Å². The second kappa shape index (κ2) is 9.07. The number of nitrogens with one attached hydrogen (secondary N) is 1. The Morgan fingerprint density at radius 1 is 1.17 bits per heavy atom. The van der Waals surface area contributed by atoms with Crippen molar-refractivity contribution < 1.29 is 9.53 Å². The molecule has 1 fully saturated rings. The van der Waals surface area contributed by atoms with E-state index < -0.39 is 0 Å². The van der Waals surface area contributed by atoms with E-state index in [1.807, 2.05) is 19.2 Å². The van der Waals surface area contributed by atoms with Crippen LogP contribution in [0.25, 0.3) is 10.9 Å². The van der Waals surface area contributed by atoms with Crippen LogP contribution in [0.5, 0.6) is 0 Å². The third kappa shape index (κ3) is 4.50. The van der Waals surface area contributed by atoms with E-state index >= 15 is 0 Å². The Labute approximate surface area is 176 Å². The van der Waals surface area contributed by atoms with Crippen LogP contribution in [0.1, 0.15) is 30.9 Å². The number of aromatic nitrogens is 3. The molecule has 0 atom stereocenters. The van der Waals surface area contributed by atoms with Crippen LogP contribution < -0.4 is 10.2 Å². The maximum Gasteiger partial charge on any atom is 0.309 e. The van der Waals surface area contributed by atoms with Gasteiger partial charge in [-0.05, 0) is 38.3 Å². The molecule has 0 spiro atoms. The lowest BCUT2D eigenvalue weighted by atomic mass is 9.97. The molecule has 0 saturated carbocycles. The summed E-state index contributed by atoms with van der Waals surface area (Å²) in [6, 6.07) is 10.3. The molecular weight excluding hydrogens is 378 g/mol. The molecule has 1 N–H and O–H groups in total. The average Bonchev–Trinajstić information content (AvgIpc) is 2.78. The van der Waals surface area contributed by atoms with E-state index in [-0.39, 0.29) is 11.9 Å². The predicted octanol–water partition coefficient (Wildman–Crippen LogP) is 3.72. The fourth-order valence-corrected chi connectivity index (χ4v) is 3.75. The highest BCUT2D eigenvalue weighted by Gasteiger charge is 2.27. The second-order valence-electron chi connectivity index (χ2n) is 7.61. The molecule has 2 aromatic heterocycles. The number of pyridine rings is 1. The number of rotatable bonds is 6. The lowest BCUT2D eigenvalue weighted by Crippen LogP contribution is -2.37. The zero-order valence-corrected chi connectivity index (χ0v) is 17.5. The molecule has 1 aliphatic heterocycles. The molecule has 0 bridgehead atoms. The van der Waals surface area contributed by atoms with Crippen molar-refractivity contribution in [1.29, 1.82) is 0 Å². The highest BCUT2D eigenvalue weighted by atomic mass is 16.5. The van der Waals surface area contributed by atoms with Crippen LogP contribution >= 0.6 is 0 Å². The van der Waals surface area contributed by atoms with Gasteiger partial charge in [-0.15, -0.1) is 0 Å². The first-order chi connectivity index (χ1) is 14.6. The number of esters is 1. The third-order valence-corrected chi connectivity index (χ3v) is 5.47. The van der Waals surface area contributed by atoms with Crippen molar-refractivity contribution in [2.45, 2.75) is 33.2 Å². The fourth-order valence-electron chi connectivity index (χ4n) is 3.75. The van der Waals surface area contributed by atoms with Crippen molar-refractivity contribution in [2.24, 2.45) is 5.92 Å². The standard InChI is InChI=1S/C23H27N5O2/c1-3-30-22(29)18-9-12-28(13-10-18)21-19-15-26-23(27-20(19)8-11-24-21)25-14-17-6-4-16(2)5-7-17/h4-8,11,15,18H,3,9-10,12-14H2,1-2H3,(H,25,26,27). The number of piperidine rings is 1. The molecule has 3 aromatic rings. The van der Waals surface area contributed by atoms with Crippen LogP contribution in [0.3, 0.4) is 0 Å². The van der Waals surface area contributed by atoms with Gasteiger partial charge in [0.15, 0.2) is 0 Å². The van der Waals surface area contributed by atoms with E-state index in [4.69, 9.17) is 4.74 Å².